The maximum Gasteiger partial charge on any atom is 0.522 e. The molecule has 0 aromatic heterocycles. The Morgan fingerprint density at radius 3 is 1.30 bits per heavy atom. The van der Waals surface area contributed by atoms with Crippen LogP contribution in [-0.2, 0) is 8.85 Å². The van der Waals surface area contributed by atoms with Gasteiger partial charge in [-0.25, -0.2) is 0 Å². The van der Waals surface area contributed by atoms with E-state index in [-0.39, 0.29) is 0 Å². The Morgan fingerprint density at radius 1 is 0.696 bits per heavy atom. The summed E-state index contributed by atoms with van der Waals surface area (Å²) < 4.78 is 18.5. The molecule has 0 N–H and O–H groups in total. The van der Waals surface area contributed by atoms with Crippen LogP contribution in [0, 0.1) is 0 Å². The maximum atomic E-state index is 6.57. The average Bonchev–Trinajstić information content (AvgIpc) is 3.23. The normalized spacial score (nSPS) is 21.1. The first kappa shape index (κ1) is 19.4. The molecule has 2 saturated carbocycles. The average molecular weight is 343 g/mol. The zero-order valence-corrected chi connectivity index (χ0v) is 16.9. The van der Waals surface area contributed by atoms with Crippen LogP contribution in [0.4, 0.5) is 0 Å². The fourth-order valence-corrected chi connectivity index (χ4v) is 8.79. The Hall–Kier alpha value is 0.0569. The highest BCUT2D eigenvalue weighted by molar-refractivity contribution is 6.61. The second-order valence-electron chi connectivity index (χ2n) is 6.86. The van der Waals surface area contributed by atoms with Crippen molar-refractivity contribution in [3.8, 4) is 0 Å². The van der Waals surface area contributed by atoms with E-state index in [1.165, 1.54) is 51.4 Å². The van der Waals surface area contributed by atoms with Crippen LogP contribution in [0.1, 0.15) is 79.1 Å². The number of hydrogen-bond acceptors (Lipinski definition) is 4. The van der Waals surface area contributed by atoms with Crippen LogP contribution in [0.2, 0.25) is 0 Å². The van der Waals surface area contributed by atoms with E-state index in [1.54, 1.807) is 0 Å². The molecule has 5 heteroatoms. The summed E-state index contributed by atoms with van der Waals surface area (Å²) in [5.41, 5.74) is 0. The second-order valence-corrected chi connectivity index (χ2v) is 9.69. The Balaban J connectivity index is 2.33. The lowest BCUT2D eigenvalue weighted by molar-refractivity contribution is 0.0374. The number of nitrogens with zero attached hydrogens (tertiary/aromatic N) is 2. The molecular weight excluding hydrogens is 304 g/mol. The molecule has 0 radical (unpaired) electrons. The summed E-state index contributed by atoms with van der Waals surface area (Å²) in [5, 5.41) is 0. The fraction of sp³-hybridized carbons (Fsp3) is 1.00. The van der Waals surface area contributed by atoms with Crippen molar-refractivity contribution in [1.82, 2.24) is 9.13 Å². The highest BCUT2D eigenvalue weighted by Crippen LogP contribution is 2.34. The summed E-state index contributed by atoms with van der Waals surface area (Å²) in [6.45, 7) is 12.4. The first-order valence-electron chi connectivity index (χ1n) is 10.0. The molecule has 0 aliphatic heterocycles. The molecule has 4 nitrogen and oxygen atoms in total. The third-order valence-corrected chi connectivity index (χ3v) is 9.75. The summed E-state index contributed by atoms with van der Waals surface area (Å²) in [5.74, 6) is 0. The molecule has 0 atom stereocenters. The summed E-state index contributed by atoms with van der Waals surface area (Å²) in [7, 11) is -2.52. The third kappa shape index (κ3) is 4.18. The Bertz CT molecular complexity index is 299. The van der Waals surface area contributed by atoms with E-state index in [1.807, 2.05) is 0 Å². The van der Waals surface area contributed by atoms with Crippen molar-refractivity contribution < 1.29 is 8.85 Å². The molecule has 0 aromatic rings. The van der Waals surface area contributed by atoms with E-state index in [0.717, 1.165) is 26.3 Å². The largest absolute Gasteiger partial charge is 0.522 e. The molecule has 0 saturated heterocycles. The lowest BCUT2D eigenvalue weighted by Crippen LogP contribution is -2.73. The van der Waals surface area contributed by atoms with E-state index in [9.17, 15) is 0 Å². The molecule has 0 amide bonds. The minimum Gasteiger partial charge on any atom is -0.371 e. The summed E-state index contributed by atoms with van der Waals surface area (Å²) in [6.07, 6.45) is 10.7. The van der Waals surface area contributed by atoms with Crippen molar-refractivity contribution >= 4 is 8.88 Å². The van der Waals surface area contributed by atoms with Crippen molar-refractivity contribution in [1.29, 1.82) is 0 Å². The van der Waals surface area contributed by atoms with Gasteiger partial charge in [-0.2, -0.15) is 0 Å². The van der Waals surface area contributed by atoms with Gasteiger partial charge in [0.25, 0.3) is 0 Å². The van der Waals surface area contributed by atoms with E-state index in [4.69, 9.17) is 8.85 Å². The van der Waals surface area contributed by atoms with E-state index < -0.39 is 8.88 Å². The smallest absolute Gasteiger partial charge is 0.371 e. The molecule has 2 fully saturated rings. The molecule has 0 bridgehead atoms. The molecule has 2 aliphatic carbocycles. The summed E-state index contributed by atoms with van der Waals surface area (Å²) in [6, 6.07) is 1.31. The van der Waals surface area contributed by atoms with Crippen molar-refractivity contribution in [2.75, 3.05) is 26.3 Å². The Kier molecular flexibility index (Phi) is 8.02. The lowest BCUT2D eigenvalue weighted by Gasteiger charge is -2.49. The van der Waals surface area contributed by atoms with Crippen molar-refractivity contribution in [3.05, 3.63) is 0 Å². The summed E-state index contributed by atoms with van der Waals surface area (Å²) in [4.78, 5) is 0. The van der Waals surface area contributed by atoms with Crippen LogP contribution in [0.25, 0.3) is 0 Å². The first-order valence-corrected chi connectivity index (χ1v) is 11.8. The quantitative estimate of drug-likeness (QED) is 0.560. The molecule has 0 unspecified atom stereocenters. The molecule has 0 heterocycles. The van der Waals surface area contributed by atoms with Crippen LogP contribution in [0.15, 0.2) is 0 Å². The second kappa shape index (κ2) is 9.52. The zero-order valence-electron chi connectivity index (χ0n) is 15.9. The van der Waals surface area contributed by atoms with Gasteiger partial charge in [-0.15, -0.1) is 0 Å². The minimum atomic E-state index is -2.52. The number of rotatable bonds is 10. The van der Waals surface area contributed by atoms with Gasteiger partial charge in [0.2, 0.25) is 0 Å². The van der Waals surface area contributed by atoms with Gasteiger partial charge in [-0.1, -0.05) is 39.5 Å². The van der Waals surface area contributed by atoms with E-state index in [0.29, 0.717) is 12.1 Å². The minimum absolute atomic E-state index is 0.653. The van der Waals surface area contributed by atoms with Crippen molar-refractivity contribution in [2.24, 2.45) is 0 Å². The molecule has 2 rings (SSSR count). The molecule has 0 aromatic carbocycles. The van der Waals surface area contributed by atoms with Gasteiger partial charge in [0, 0.05) is 25.3 Å². The van der Waals surface area contributed by atoms with Gasteiger partial charge in [0.1, 0.15) is 0 Å². The van der Waals surface area contributed by atoms with E-state index in [2.05, 4.69) is 36.8 Å². The van der Waals surface area contributed by atoms with Gasteiger partial charge in [-0.3, -0.25) is 9.13 Å². The highest BCUT2D eigenvalue weighted by Gasteiger charge is 2.55. The predicted octanol–water partition coefficient (Wildman–Crippen LogP) is 4.02. The van der Waals surface area contributed by atoms with Crippen molar-refractivity contribution in [3.63, 3.8) is 0 Å². The zero-order chi connectivity index (χ0) is 16.7. The van der Waals surface area contributed by atoms with Crippen LogP contribution < -0.4 is 0 Å². The topological polar surface area (TPSA) is 24.9 Å². The lowest BCUT2D eigenvalue weighted by atomic mass is 10.2. The van der Waals surface area contributed by atoms with Crippen LogP contribution in [0.3, 0.4) is 0 Å². The predicted molar refractivity (Wildman–Crippen MR) is 98.3 cm³/mol. The third-order valence-electron chi connectivity index (χ3n) is 5.60. The Labute approximate surface area is 144 Å². The molecule has 0 spiro atoms. The van der Waals surface area contributed by atoms with Gasteiger partial charge in [-0.05, 0) is 52.6 Å². The monoisotopic (exact) mass is 342 g/mol. The summed E-state index contributed by atoms with van der Waals surface area (Å²) >= 11 is 0. The van der Waals surface area contributed by atoms with Crippen LogP contribution >= 0.6 is 0 Å². The van der Waals surface area contributed by atoms with Crippen molar-refractivity contribution in [2.45, 2.75) is 91.1 Å². The molecule has 136 valence electrons. The fourth-order valence-electron chi connectivity index (χ4n) is 4.72. The SMILES string of the molecule is CCO[Si](OCC)(N(CC)C1CCCC1)N(CC)C1CCCC1. The van der Waals surface area contributed by atoms with Crippen LogP contribution in [-0.4, -0.2) is 56.4 Å². The highest BCUT2D eigenvalue weighted by atomic mass is 28.4. The standard InChI is InChI=1S/C18H38N2O2Si/c1-5-19(17-13-9-10-14-17)23(21-7-3,22-8-4)20(6-2)18-15-11-12-16-18/h17-18H,5-16H2,1-4H3. The number of hydrogen-bond donors (Lipinski definition) is 0. The Morgan fingerprint density at radius 2 is 1.04 bits per heavy atom. The van der Waals surface area contributed by atoms with Gasteiger partial charge in [0.15, 0.2) is 0 Å². The van der Waals surface area contributed by atoms with E-state index >= 15 is 0 Å². The molecular formula is C18H38N2O2Si. The molecule has 2 aliphatic rings. The van der Waals surface area contributed by atoms with Gasteiger partial charge in [0.05, 0.1) is 0 Å². The van der Waals surface area contributed by atoms with Gasteiger partial charge < -0.3 is 8.85 Å². The van der Waals surface area contributed by atoms with Crippen LogP contribution in [0.5, 0.6) is 0 Å². The maximum absolute atomic E-state index is 6.57. The van der Waals surface area contributed by atoms with Gasteiger partial charge >= 0.3 is 8.88 Å². The first-order chi connectivity index (χ1) is 11.2. The molecule has 23 heavy (non-hydrogen) atoms.